The van der Waals surface area contributed by atoms with Gasteiger partial charge in [0.1, 0.15) is 0 Å². The lowest BCUT2D eigenvalue weighted by Gasteiger charge is -2.20. The van der Waals surface area contributed by atoms with Gasteiger partial charge in [-0.25, -0.2) is 0 Å². The van der Waals surface area contributed by atoms with Crippen LogP contribution in [0.4, 0.5) is 0 Å². The normalized spacial score (nSPS) is 28.9. The second kappa shape index (κ2) is 6.55. The van der Waals surface area contributed by atoms with Gasteiger partial charge in [0.25, 0.3) is 0 Å². The van der Waals surface area contributed by atoms with Gasteiger partial charge in [0.15, 0.2) is 0 Å². The molecule has 0 saturated carbocycles. The van der Waals surface area contributed by atoms with Gasteiger partial charge in [0, 0.05) is 13.1 Å². The van der Waals surface area contributed by atoms with Gasteiger partial charge in [-0.1, -0.05) is 26.0 Å². The molecule has 0 aromatic rings. The molecule has 1 fully saturated rings. The van der Waals surface area contributed by atoms with Gasteiger partial charge in [0.05, 0.1) is 0 Å². The average Bonchev–Trinajstić information content (AvgIpc) is 2.77. The van der Waals surface area contributed by atoms with E-state index in [4.69, 9.17) is 0 Å². The smallest absolute Gasteiger partial charge is 0.00160 e. The fourth-order valence-corrected chi connectivity index (χ4v) is 3.35. The third kappa shape index (κ3) is 3.56. The molecule has 1 aliphatic carbocycles. The van der Waals surface area contributed by atoms with Crippen molar-refractivity contribution in [2.45, 2.75) is 33.1 Å². The van der Waals surface area contributed by atoms with E-state index >= 15 is 0 Å². The van der Waals surface area contributed by atoms with Crippen LogP contribution in [0.5, 0.6) is 0 Å². The van der Waals surface area contributed by atoms with Crippen LogP contribution < -0.4 is 0 Å². The van der Waals surface area contributed by atoms with Crippen molar-refractivity contribution in [2.75, 3.05) is 39.3 Å². The molecule has 2 rings (SSSR count). The first-order valence-corrected chi connectivity index (χ1v) is 7.43. The first-order valence-electron chi connectivity index (χ1n) is 7.43. The summed E-state index contributed by atoms with van der Waals surface area (Å²) in [4.78, 5) is 5.23. The van der Waals surface area contributed by atoms with Crippen molar-refractivity contribution in [1.29, 1.82) is 0 Å². The maximum atomic E-state index is 2.70. The fourth-order valence-electron chi connectivity index (χ4n) is 3.35. The van der Waals surface area contributed by atoms with E-state index in [0.29, 0.717) is 0 Å². The highest BCUT2D eigenvalue weighted by Crippen LogP contribution is 2.32. The molecule has 0 N–H and O–H groups in total. The molecule has 1 aliphatic heterocycles. The van der Waals surface area contributed by atoms with Crippen molar-refractivity contribution in [1.82, 2.24) is 9.80 Å². The van der Waals surface area contributed by atoms with Crippen LogP contribution in [0.15, 0.2) is 12.2 Å². The van der Waals surface area contributed by atoms with Crippen molar-refractivity contribution in [3.63, 3.8) is 0 Å². The zero-order valence-electron chi connectivity index (χ0n) is 11.6. The Balaban J connectivity index is 1.65. The molecule has 2 unspecified atom stereocenters. The fraction of sp³-hybridized carbons (Fsp3) is 0.867. The first kappa shape index (κ1) is 13.1. The zero-order valence-corrected chi connectivity index (χ0v) is 11.6. The minimum absolute atomic E-state index is 0.966. The summed E-state index contributed by atoms with van der Waals surface area (Å²) in [6, 6.07) is 0. The second-order valence-electron chi connectivity index (χ2n) is 5.60. The summed E-state index contributed by atoms with van der Waals surface area (Å²) in [5.41, 5.74) is 0. The van der Waals surface area contributed by atoms with Crippen LogP contribution in [0.1, 0.15) is 33.1 Å². The SMILES string of the molecule is CCN(CC)CCCN1CC2CC=CCC2C1. The predicted molar refractivity (Wildman–Crippen MR) is 74.2 cm³/mol. The lowest BCUT2D eigenvalue weighted by molar-refractivity contribution is 0.258. The van der Waals surface area contributed by atoms with Crippen LogP contribution in [0.3, 0.4) is 0 Å². The van der Waals surface area contributed by atoms with E-state index in [9.17, 15) is 0 Å². The van der Waals surface area contributed by atoms with Gasteiger partial charge in [-0.05, 0) is 57.3 Å². The molecule has 0 bridgehead atoms. The van der Waals surface area contributed by atoms with Crippen LogP contribution in [0.2, 0.25) is 0 Å². The standard InChI is InChI=1S/C15H28N2/c1-3-16(4-2)10-7-11-17-12-14-8-5-6-9-15(14)13-17/h5-6,14-15H,3-4,7-13H2,1-2H3. The molecular weight excluding hydrogens is 208 g/mol. The first-order chi connectivity index (χ1) is 8.33. The maximum Gasteiger partial charge on any atom is 0.00160 e. The van der Waals surface area contributed by atoms with Gasteiger partial charge in [0.2, 0.25) is 0 Å². The number of fused-ring (bicyclic) bond motifs is 1. The summed E-state index contributed by atoms with van der Waals surface area (Å²) < 4.78 is 0. The van der Waals surface area contributed by atoms with E-state index in [1.54, 1.807) is 0 Å². The molecule has 2 heteroatoms. The number of allylic oxidation sites excluding steroid dienone is 2. The molecule has 0 aromatic carbocycles. The van der Waals surface area contributed by atoms with E-state index < -0.39 is 0 Å². The van der Waals surface area contributed by atoms with Crippen LogP contribution in [0, 0.1) is 11.8 Å². The lowest BCUT2D eigenvalue weighted by Crippen LogP contribution is -2.29. The van der Waals surface area contributed by atoms with Crippen molar-refractivity contribution < 1.29 is 0 Å². The molecule has 1 saturated heterocycles. The molecule has 0 spiro atoms. The third-order valence-electron chi connectivity index (χ3n) is 4.54. The minimum atomic E-state index is 0.966. The van der Waals surface area contributed by atoms with Crippen molar-refractivity contribution in [3.05, 3.63) is 12.2 Å². The Labute approximate surface area is 107 Å². The highest BCUT2D eigenvalue weighted by Gasteiger charge is 2.32. The number of hydrogen-bond acceptors (Lipinski definition) is 2. The van der Waals surface area contributed by atoms with Gasteiger partial charge < -0.3 is 9.80 Å². The van der Waals surface area contributed by atoms with Gasteiger partial charge in [-0.3, -0.25) is 0 Å². The summed E-state index contributed by atoms with van der Waals surface area (Å²) in [6.45, 7) is 12.2. The van der Waals surface area contributed by atoms with Crippen molar-refractivity contribution >= 4 is 0 Å². The maximum absolute atomic E-state index is 2.70. The predicted octanol–water partition coefficient (Wildman–Crippen LogP) is 2.62. The number of nitrogens with zero attached hydrogens (tertiary/aromatic N) is 2. The Morgan fingerprint density at radius 1 is 1.06 bits per heavy atom. The van der Waals surface area contributed by atoms with E-state index in [2.05, 4.69) is 35.8 Å². The summed E-state index contributed by atoms with van der Waals surface area (Å²) in [6.07, 6.45) is 8.78. The highest BCUT2D eigenvalue weighted by atomic mass is 15.2. The van der Waals surface area contributed by atoms with Gasteiger partial charge >= 0.3 is 0 Å². The molecule has 2 nitrogen and oxygen atoms in total. The van der Waals surface area contributed by atoms with E-state index in [0.717, 1.165) is 11.8 Å². The summed E-state index contributed by atoms with van der Waals surface area (Å²) in [5, 5.41) is 0. The molecule has 98 valence electrons. The Morgan fingerprint density at radius 2 is 1.65 bits per heavy atom. The summed E-state index contributed by atoms with van der Waals surface area (Å²) in [5.74, 6) is 1.93. The second-order valence-corrected chi connectivity index (χ2v) is 5.60. The van der Waals surface area contributed by atoms with Crippen LogP contribution in [0.25, 0.3) is 0 Å². The van der Waals surface area contributed by atoms with Crippen LogP contribution in [-0.2, 0) is 0 Å². The number of rotatable bonds is 6. The number of likely N-dealkylation sites (tertiary alicyclic amines) is 1. The van der Waals surface area contributed by atoms with Crippen LogP contribution in [-0.4, -0.2) is 49.1 Å². The third-order valence-corrected chi connectivity index (χ3v) is 4.54. The molecule has 2 aliphatic rings. The van der Waals surface area contributed by atoms with E-state index in [1.165, 1.54) is 58.5 Å². The van der Waals surface area contributed by atoms with E-state index in [1.807, 2.05) is 0 Å². The number of hydrogen-bond donors (Lipinski definition) is 0. The molecule has 0 radical (unpaired) electrons. The lowest BCUT2D eigenvalue weighted by atomic mass is 9.86. The summed E-state index contributed by atoms with van der Waals surface area (Å²) >= 11 is 0. The Kier molecular flexibility index (Phi) is 5.05. The van der Waals surface area contributed by atoms with Crippen molar-refractivity contribution in [3.8, 4) is 0 Å². The highest BCUT2D eigenvalue weighted by molar-refractivity contribution is 4.99. The molecular formula is C15H28N2. The molecule has 0 aromatic heterocycles. The van der Waals surface area contributed by atoms with Crippen molar-refractivity contribution in [2.24, 2.45) is 11.8 Å². The Morgan fingerprint density at radius 3 is 2.18 bits per heavy atom. The monoisotopic (exact) mass is 236 g/mol. The molecule has 0 amide bonds. The van der Waals surface area contributed by atoms with Gasteiger partial charge in [-0.2, -0.15) is 0 Å². The molecule has 17 heavy (non-hydrogen) atoms. The molecule has 1 heterocycles. The van der Waals surface area contributed by atoms with Gasteiger partial charge in [-0.15, -0.1) is 0 Å². The minimum Gasteiger partial charge on any atom is -0.304 e. The topological polar surface area (TPSA) is 6.48 Å². The zero-order chi connectivity index (χ0) is 12.1. The quantitative estimate of drug-likeness (QED) is 0.654. The Bertz CT molecular complexity index is 229. The van der Waals surface area contributed by atoms with Crippen LogP contribution >= 0.6 is 0 Å². The summed E-state index contributed by atoms with van der Waals surface area (Å²) in [7, 11) is 0. The largest absolute Gasteiger partial charge is 0.304 e. The van der Waals surface area contributed by atoms with E-state index in [-0.39, 0.29) is 0 Å². The average molecular weight is 236 g/mol. The Hall–Kier alpha value is -0.340. The molecule has 2 atom stereocenters.